The molecular formula is C10H13NO4. The van der Waals surface area contributed by atoms with Gasteiger partial charge in [0, 0.05) is 6.92 Å². The zero-order valence-electron chi connectivity index (χ0n) is 8.34. The second-order valence-corrected chi connectivity index (χ2v) is 2.61. The van der Waals surface area contributed by atoms with Crippen molar-refractivity contribution in [3.05, 3.63) is 35.9 Å². The molecule has 0 heterocycles. The molecule has 5 nitrogen and oxygen atoms in total. The lowest BCUT2D eigenvalue weighted by atomic mass is 10.2. The molecule has 0 saturated carbocycles. The van der Waals surface area contributed by atoms with Crippen LogP contribution >= 0.6 is 0 Å². The smallest absolute Gasteiger partial charge is 0.404 e. The number of carboxylic acid groups (broad SMARTS) is 1. The predicted octanol–water partition coefficient (Wildman–Crippen LogP) is 1.37. The van der Waals surface area contributed by atoms with E-state index < -0.39 is 12.1 Å². The molecule has 82 valence electrons. The quantitative estimate of drug-likeness (QED) is 0.773. The van der Waals surface area contributed by atoms with Gasteiger partial charge in [0.25, 0.3) is 5.97 Å². The van der Waals surface area contributed by atoms with Crippen LogP contribution in [0.1, 0.15) is 12.5 Å². The number of hydrogen-bond acceptors (Lipinski definition) is 3. The minimum atomic E-state index is -0.833. The van der Waals surface area contributed by atoms with Gasteiger partial charge < -0.3 is 15.6 Å². The molecule has 1 amide bonds. The molecule has 3 N–H and O–H groups in total. The Morgan fingerprint density at radius 2 is 1.80 bits per heavy atom. The molecule has 1 aromatic rings. The Balaban J connectivity index is 0.000000423. The van der Waals surface area contributed by atoms with Crippen LogP contribution in [0.2, 0.25) is 0 Å². The van der Waals surface area contributed by atoms with Crippen molar-refractivity contribution in [2.75, 3.05) is 0 Å². The summed E-state index contributed by atoms with van der Waals surface area (Å²) in [7, 11) is 0. The van der Waals surface area contributed by atoms with Crippen LogP contribution < -0.4 is 5.73 Å². The maximum atomic E-state index is 10.2. The first-order valence-electron chi connectivity index (χ1n) is 4.18. The highest BCUT2D eigenvalue weighted by Crippen LogP contribution is 1.99. The molecule has 0 atom stereocenters. The highest BCUT2D eigenvalue weighted by atomic mass is 16.5. The van der Waals surface area contributed by atoms with Crippen LogP contribution in [-0.4, -0.2) is 17.2 Å². The third-order valence-corrected chi connectivity index (χ3v) is 1.22. The normalized spacial score (nSPS) is 8.33. The SMILES string of the molecule is CC(=O)O.NC(=O)OCc1ccccc1. The van der Waals surface area contributed by atoms with Crippen molar-refractivity contribution in [1.29, 1.82) is 0 Å². The summed E-state index contributed by atoms with van der Waals surface area (Å²) in [6, 6.07) is 9.37. The number of carbonyl (C=O) groups is 2. The first kappa shape index (κ1) is 13.0. The number of carboxylic acids is 1. The van der Waals surface area contributed by atoms with Crippen LogP contribution in [0.15, 0.2) is 30.3 Å². The molecule has 0 spiro atoms. The van der Waals surface area contributed by atoms with E-state index in [4.69, 9.17) is 15.6 Å². The van der Waals surface area contributed by atoms with Crippen molar-refractivity contribution in [2.24, 2.45) is 5.73 Å². The van der Waals surface area contributed by atoms with Gasteiger partial charge in [-0.15, -0.1) is 0 Å². The summed E-state index contributed by atoms with van der Waals surface area (Å²) in [6.07, 6.45) is -0.742. The lowest BCUT2D eigenvalue weighted by molar-refractivity contribution is -0.134. The second kappa shape index (κ2) is 7.37. The maximum Gasteiger partial charge on any atom is 0.404 e. The summed E-state index contributed by atoms with van der Waals surface area (Å²) in [5.41, 5.74) is 5.72. The summed E-state index contributed by atoms with van der Waals surface area (Å²) in [5, 5.41) is 7.42. The standard InChI is InChI=1S/C8H9NO2.C2H4O2/c9-8(10)11-6-7-4-2-1-3-5-7;1-2(3)4/h1-5H,6H2,(H2,9,10);1H3,(H,3,4). The maximum absolute atomic E-state index is 10.2. The van der Waals surface area contributed by atoms with E-state index in [1.54, 1.807) is 0 Å². The molecule has 1 aromatic carbocycles. The average molecular weight is 211 g/mol. The fraction of sp³-hybridized carbons (Fsp3) is 0.200. The molecule has 0 fully saturated rings. The largest absolute Gasteiger partial charge is 0.481 e. The summed E-state index contributed by atoms with van der Waals surface area (Å²) in [5.74, 6) is -0.833. The van der Waals surface area contributed by atoms with Gasteiger partial charge in [-0.1, -0.05) is 30.3 Å². The third-order valence-electron chi connectivity index (χ3n) is 1.22. The summed E-state index contributed by atoms with van der Waals surface area (Å²) < 4.78 is 4.57. The van der Waals surface area contributed by atoms with Gasteiger partial charge in [0.2, 0.25) is 0 Å². The molecule has 0 bridgehead atoms. The molecule has 0 aliphatic rings. The van der Waals surface area contributed by atoms with E-state index >= 15 is 0 Å². The molecule has 0 aromatic heterocycles. The van der Waals surface area contributed by atoms with Crippen LogP contribution in [0.3, 0.4) is 0 Å². The fourth-order valence-corrected chi connectivity index (χ4v) is 0.729. The van der Waals surface area contributed by atoms with E-state index in [1.807, 2.05) is 30.3 Å². The minimum Gasteiger partial charge on any atom is -0.481 e. The van der Waals surface area contributed by atoms with Gasteiger partial charge in [0.1, 0.15) is 6.61 Å². The molecule has 0 saturated heterocycles. The van der Waals surface area contributed by atoms with E-state index in [9.17, 15) is 4.79 Å². The van der Waals surface area contributed by atoms with Gasteiger partial charge in [0.05, 0.1) is 0 Å². The lowest BCUT2D eigenvalue weighted by Crippen LogP contribution is -2.12. The van der Waals surface area contributed by atoms with Crippen molar-refractivity contribution in [3.8, 4) is 0 Å². The van der Waals surface area contributed by atoms with Crippen molar-refractivity contribution in [2.45, 2.75) is 13.5 Å². The first-order valence-corrected chi connectivity index (χ1v) is 4.18. The Morgan fingerprint density at radius 1 is 1.33 bits per heavy atom. The van der Waals surface area contributed by atoms with Gasteiger partial charge in [-0.05, 0) is 5.56 Å². The number of benzene rings is 1. The zero-order valence-corrected chi connectivity index (χ0v) is 8.34. The number of aliphatic carboxylic acids is 1. The Kier molecular flexibility index (Phi) is 6.37. The van der Waals surface area contributed by atoms with E-state index in [-0.39, 0.29) is 6.61 Å². The number of ether oxygens (including phenoxy) is 1. The molecule has 0 aliphatic heterocycles. The second-order valence-electron chi connectivity index (χ2n) is 2.61. The van der Waals surface area contributed by atoms with E-state index in [1.165, 1.54) is 0 Å². The van der Waals surface area contributed by atoms with Crippen molar-refractivity contribution in [3.63, 3.8) is 0 Å². The molecule has 0 unspecified atom stereocenters. The fourth-order valence-electron chi connectivity index (χ4n) is 0.729. The Bertz CT molecular complexity index is 306. The van der Waals surface area contributed by atoms with Crippen LogP contribution in [0.4, 0.5) is 4.79 Å². The topological polar surface area (TPSA) is 89.6 Å². The number of nitrogens with two attached hydrogens (primary N) is 1. The van der Waals surface area contributed by atoms with E-state index in [2.05, 4.69) is 4.74 Å². The number of hydrogen-bond donors (Lipinski definition) is 2. The zero-order chi connectivity index (χ0) is 11.7. The van der Waals surface area contributed by atoms with Gasteiger partial charge in [-0.2, -0.15) is 0 Å². The summed E-state index contributed by atoms with van der Waals surface area (Å²) >= 11 is 0. The lowest BCUT2D eigenvalue weighted by Gasteiger charge is -1.99. The number of rotatable bonds is 2. The van der Waals surface area contributed by atoms with Crippen molar-refractivity contribution >= 4 is 12.1 Å². The Hall–Kier alpha value is -2.04. The average Bonchev–Trinajstić information content (AvgIpc) is 2.15. The van der Waals surface area contributed by atoms with Crippen LogP contribution in [0, 0.1) is 0 Å². The summed E-state index contributed by atoms with van der Waals surface area (Å²) in [6.45, 7) is 1.33. The molecule has 15 heavy (non-hydrogen) atoms. The van der Waals surface area contributed by atoms with Gasteiger partial charge in [0.15, 0.2) is 0 Å². The minimum absolute atomic E-state index is 0.246. The van der Waals surface area contributed by atoms with Crippen molar-refractivity contribution in [1.82, 2.24) is 0 Å². The van der Waals surface area contributed by atoms with Crippen LogP contribution in [0.25, 0.3) is 0 Å². The van der Waals surface area contributed by atoms with Gasteiger partial charge >= 0.3 is 6.09 Å². The highest BCUT2D eigenvalue weighted by Gasteiger charge is 1.93. The first-order chi connectivity index (χ1) is 7.02. The van der Waals surface area contributed by atoms with Gasteiger partial charge in [-0.3, -0.25) is 4.79 Å². The van der Waals surface area contributed by atoms with Crippen LogP contribution in [0.5, 0.6) is 0 Å². The Labute approximate surface area is 87.5 Å². The molecule has 1 rings (SSSR count). The van der Waals surface area contributed by atoms with Gasteiger partial charge in [-0.25, -0.2) is 4.79 Å². The van der Waals surface area contributed by atoms with E-state index in [0.29, 0.717) is 0 Å². The molecule has 0 aliphatic carbocycles. The Morgan fingerprint density at radius 3 is 2.20 bits per heavy atom. The highest BCUT2D eigenvalue weighted by molar-refractivity contribution is 5.64. The number of carbonyl (C=O) groups excluding carboxylic acids is 1. The number of amides is 1. The monoisotopic (exact) mass is 211 g/mol. The summed E-state index contributed by atoms with van der Waals surface area (Å²) in [4.78, 5) is 19.2. The molecule has 0 radical (unpaired) electrons. The third kappa shape index (κ3) is 9.88. The van der Waals surface area contributed by atoms with E-state index in [0.717, 1.165) is 12.5 Å². The molecule has 5 heteroatoms. The molecular weight excluding hydrogens is 198 g/mol. The van der Waals surface area contributed by atoms with Crippen molar-refractivity contribution < 1.29 is 19.4 Å². The number of primary amides is 1. The van der Waals surface area contributed by atoms with Crippen LogP contribution in [-0.2, 0) is 16.1 Å². The predicted molar refractivity (Wildman–Crippen MR) is 54.1 cm³/mol.